The Balaban J connectivity index is 1.20. The van der Waals surface area contributed by atoms with Crippen molar-refractivity contribution in [3.05, 3.63) is 29.4 Å². The number of pyridine rings is 1. The molecule has 2 aromatic heterocycles. The lowest BCUT2D eigenvalue weighted by Crippen LogP contribution is -2.45. The Kier molecular flexibility index (Phi) is 6.18. The summed E-state index contributed by atoms with van der Waals surface area (Å²) in [5.41, 5.74) is 2.56. The molecule has 0 radical (unpaired) electrons. The van der Waals surface area contributed by atoms with Crippen molar-refractivity contribution in [1.82, 2.24) is 25.4 Å². The molecule has 0 aliphatic carbocycles. The highest BCUT2D eigenvalue weighted by atomic mass is 32.1. The lowest BCUT2D eigenvalue weighted by atomic mass is 9.96. The van der Waals surface area contributed by atoms with Crippen LogP contribution in [0.3, 0.4) is 0 Å². The van der Waals surface area contributed by atoms with Gasteiger partial charge in [0.25, 0.3) is 0 Å². The average Bonchev–Trinajstić information content (AvgIpc) is 3.47. The van der Waals surface area contributed by atoms with Gasteiger partial charge in [0.2, 0.25) is 11.0 Å². The van der Waals surface area contributed by atoms with Crippen LogP contribution in [0.2, 0.25) is 0 Å². The van der Waals surface area contributed by atoms with Crippen molar-refractivity contribution >= 4 is 34.2 Å². The highest BCUT2D eigenvalue weighted by molar-refractivity contribution is 7.13. The fourth-order valence-corrected chi connectivity index (χ4v) is 4.17. The zero-order valence-electron chi connectivity index (χ0n) is 16.2. The fraction of sp³-hybridized carbons (Fsp3) is 0.526. The number of likely N-dealkylation sites (tertiary alicyclic amines) is 1. The first-order chi connectivity index (χ1) is 14.2. The minimum Gasteiger partial charge on any atom is -0.357 e. The van der Waals surface area contributed by atoms with Crippen LogP contribution in [0.15, 0.2) is 23.8 Å². The maximum atomic E-state index is 12.4. The second-order valence-corrected chi connectivity index (χ2v) is 8.21. The molecule has 0 aromatic carbocycles. The summed E-state index contributed by atoms with van der Waals surface area (Å²) >= 11 is 1.30. The summed E-state index contributed by atoms with van der Waals surface area (Å²) in [7, 11) is 0. The number of anilines is 2. The molecule has 0 bridgehead atoms. The lowest BCUT2D eigenvalue weighted by Gasteiger charge is -2.31. The third-order valence-corrected chi connectivity index (χ3v) is 6.03. The summed E-state index contributed by atoms with van der Waals surface area (Å²) in [6.07, 6.45) is 5.56. The second kappa shape index (κ2) is 9.17. The van der Waals surface area contributed by atoms with E-state index in [0.717, 1.165) is 24.5 Å². The molecule has 2 N–H and O–H groups in total. The zero-order valence-corrected chi connectivity index (χ0v) is 17.0. The number of carbonyl (C=O) groups excluding carboxylic acids is 2. The van der Waals surface area contributed by atoms with Crippen LogP contribution in [-0.4, -0.2) is 58.2 Å². The van der Waals surface area contributed by atoms with Gasteiger partial charge in [-0.15, -0.1) is 10.2 Å². The van der Waals surface area contributed by atoms with Crippen molar-refractivity contribution in [1.29, 1.82) is 0 Å². The van der Waals surface area contributed by atoms with Crippen LogP contribution >= 0.6 is 11.3 Å². The number of hydrogen-bond donors (Lipinski definition) is 2. The number of amides is 3. The monoisotopic (exact) mass is 415 g/mol. The van der Waals surface area contributed by atoms with Crippen molar-refractivity contribution in [2.24, 2.45) is 5.92 Å². The molecule has 10 heteroatoms. The number of nitrogens with one attached hydrogen (secondary N) is 2. The topological polar surface area (TPSA) is 103 Å². The maximum absolute atomic E-state index is 12.4. The Morgan fingerprint density at radius 2 is 1.93 bits per heavy atom. The van der Waals surface area contributed by atoms with Gasteiger partial charge in [0.1, 0.15) is 11.3 Å². The smallest absolute Gasteiger partial charge is 0.317 e. The summed E-state index contributed by atoms with van der Waals surface area (Å²) in [4.78, 5) is 33.3. The zero-order chi connectivity index (χ0) is 20.1. The molecule has 2 aliphatic heterocycles. The van der Waals surface area contributed by atoms with Gasteiger partial charge < -0.3 is 20.4 Å². The summed E-state index contributed by atoms with van der Waals surface area (Å²) in [5, 5.41) is 13.8. The van der Waals surface area contributed by atoms with E-state index in [4.69, 9.17) is 0 Å². The average molecular weight is 416 g/mol. The van der Waals surface area contributed by atoms with E-state index in [1.807, 2.05) is 18.3 Å². The van der Waals surface area contributed by atoms with E-state index in [2.05, 4.69) is 30.7 Å². The van der Waals surface area contributed by atoms with Gasteiger partial charge in [-0.05, 0) is 37.3 Å². The second-order valence-electron chi connectivity index (χ2n) is 7.37. The summed E-state index contributed by atoms with van der Waals surface area (Å²) in [6, 6.07) is 3.94. The molecule has 4 rings (SSSR count). The standard InChI is InChI=1S/C19H25N7O2S/c27-17(23-18-24-22-13-29-18)15-5-9-26(10-6-15)19(28)21-12-14-3-4-16(20-11-14)25-7-1-2-8-25/h3-4,11,13,15H,1-2,5-10,12H2,(H,21,28)(H,23,24,27). The van der Waals surface area contributed by atoms with Crippen LogP contribution in [0.4, 0.5) is 15.7 Å². The van der Waals surface area contributed by atoms with Crippen molar-refractivity contribution in [2.45, 2.75) is 32.2 Å². The summed E-state index contributed by atoms with van der Waals surface area (Å²) in [6.45, 7) is 3.71. The van der Waals surface area contributed by atoms with Crippen LogP contribution < -0.4 is 15.5 Å². The van der Waals surface area contributed by atoms with Gasteiger partial charge in [0.05, 0.1) is 0 Å². The minimum absolute atomic E-state index is 0.0500. The number of nitrogens with zero attached hydrogens (tertiary/aromatic N) is 5. The molecule has 2 aromatic rings. The maximum Gasteiger partial charge on any atom is 0.317 e. The van der Waals surface area contributed by atoms with E-state index in [1.54, 1.807) is 10.4 Å². The predicted molar refractivity (Wildman–Crippen MR) is 111 cm³/mol. The highest BCUT2D eigenvalue weighted by Crippen LogP contribution is 2.20. The molecule has 0 spiro atoms. The first kappa shape index (κ1) is 19.6. The third kappa shape index (κ3) is 5.00. The minimum atomic E-state index is -0.106. The van der Waals surface area contributed by atoms with Gasteiger partial charge in [-0.1, -0.05) is 17.4 Å². The first-order valence-electron chi connectivity index (χ1n) is 9.99. The Morgan fingerprint density at radius 3 is 2.59 bits per heavy atom. The van der Waals surface area contributed by atoms with E-state index in [0.29, 0.717) is 37.6 Å². The predicted octanol–water partition coefficient (Wildman–Crippen LogP) is 2.09. The third-order valence-electron chi connectivity index (χ3n) is 5.43. The van der Waals surface area contributed by atoms with Crippen molar-refractivity contribution in [3.63, 3.8) is 0 Å². The lowest BCUT2D eigenvalue weighted by molar-refractivity contribution is -0.121. The van der Waals surface area contributed by atoms with E-state index in [1.165, 1.54) is 24.2 Å². The molecule has 0 unspecified atom stereocenters. The van der Waals surface area contributed by atoms with Crippen LogP contribution in [0, 0.1) is 5.92 Å². The molecule has 2 fully saturated rings. The Bertz CT molecular complexity index is 814. The van der Waals surface area contributed by atoms with Crippen molar-refractivity contribution in [3.8, 4) is 0 Å². The molecule has 2 aliphatic rings. The molecule has 3 amide bonds. The van der Waals surface area contributed by atoms with Gasteiger partial charge in [-0.2, -0.15) is 0 Å². The number of aromatic nitrogens is 3. The SMILES string of the molecule is O=C(Nc1nncs1)C1CCN(C(=O)NCc2ccc(N3CCCC3)nc2)CC1. The number of piperidine rings is 1. The number of urea groups is 1. The molecule has 29 heavy (non-hydrogen) atoms. The van der Waals surface area contributed by atoms with Crippen LogP contribution in [0.1, 0.15) is 31.2 Å². The van der Waals surface area contributed by atoms with Gasteiger partial charge in [-0.25, -0.2) is 9.78 Å². The number of rotatable bonds is 5. The number of hydrogen-bond acceptors (Lipinski definition) is 7. The Morgan fingerprint density at radius 1 is 1.14 bits per heavy atom. The normalized spacial score (nSPS) is 17.4. The highest BCUT2D eigenvalue weighted by Gasteiger charge is 2.27. The number of carbonyl (C=O) groups is 2. The van der Waals surface area contributed by atoms with Gasteiger partial charge in [0.15, 0.2) is 0 Å². The van der Waals surface area contributed by atoms with Crippen molar-refractivity contribution < 1.29 is 9.59 Å². The van der Waals surface area contributed by atoms with Gasteiger partial charge >= 0.3 is 6.03 Å². The molecule has 2 saturated heterocycles. The van der Waals surface area contributed by atoms with Crippen LogP contribution in [0.5, 0.6) is 0 Å². The summed E-state index contributed by atoms with van der Waals surface area (Å²) in [5.74, 6) is 0.850. The Hall–Kier alpha value is -2.75. The largest absolute Gasteiger partial charge is 0.357 e. The molecule has 154 valence electrons. The van der Waals surface area contributed by atoms with Gasteiger partial charge in [0, 0.05) is 44.8 Å². The molecule has 0 saturated carbocycles. The van der Waals surface area contributed by atoms with Crippen LogP contribution in [-0.2, 0) is 11.3 Å². The molecule has 0 atom stereocenters. The molecular formula is C19H25N7O2S. The van der Waals surface area contributed by atoms with Gasteiger partial charge in [-0.3, -0.25) is 4.79 Å². The van der Waals surface area contributed by atoms with E-state index >= 15 is 0 Å². The Labute approximate surface area is 173 Å². The quantitative estimate of drug-likeness (QED) is 0.775. The van der Waals surface area contributed by atoms with Crippen LogP contribution in [0.25, 0.3) is 0 Å². The van der Waals surface area contributed by atoms with E-state index in [9.17, 15) is 9.59 Å². The van der Waals surface area contributed by atoms with E-state index in [-0.39, 0.29) is 17.9 Å². The molecular weight excluding hydrogens is 390 g/mol. The summed E-state index contributed by atoms with van der Waals surface area (Å²) < 4.78 is 0. The fourth-order valence-electron chi connectivity index (χ4n) is 3.72. The first-order valence-corrected chi connectivity index (χ1v) is 10.9. The molecule has 9 nitrogen and oxygen atoms in total. The molecule has 4 heterocycles. The van der Waals surface area contributed by atoms with E-state index < -0.39 is 0 Å². The van der Waals surface area contributed by atoms with Crippen molar-refractivity contribution in [2.75, 3.05) is 36.4 Å².